The molecule has 1 saturated heterocycles. The molecule has 0 bridgehead atoms. The fourth-order valence-electron chi connectivity index (χ4n) is 2.83. The van der Waals surface area contributed by atoms with Crippen molar-refractivity contribution in [2.45, 2.75) is 31.9 Å². The number of piperidine rings is 1. The quantitative estimate of drug-likeness (QED) is 0.847. The predicted octanol–water partition coefficient (Wildman–Crippen LogP) is 3.19. The number of carbonyl (C=O) groups excluding carboxylic acids is 1. The Morgan fingerprint density at radius 3 is 2.52 bits per heavy atom. The van der Waals surface area contributed by atoms with Gasteiger partial charge in [0.25, 0.3) is 5.91 Å². The van der Waals surface area contributed by atoms with Crippen molar-refractivity contribution in [3.05, 3.63) is 29.8 Å². The highest BCUT2D eigenvalue weighted by atomic mass is 19.4. The summed E-state index contributed by atoms with van der Waals surface area (Å²) in [6, 6.07) is 4.18. The fraction of sp³-hybridized carbons (Fsp3) is 0.529. The van der Waals surface area contributed by atoms with Gasteiger partial charge >= 0.3 is 12.1 Å². The van der Waals surface area contributed by atoms with Gasteiger partial charge in [0.05, 0.1) is 5.56 Å². The van der Waals surface area contributed by atoms with E-state index in [2.05, 4.69) is 0 Å². The normalized spacial score (nSPS) is 18.0. The lowest BCUT2D eigenvalue weighted by molar-refractivity contribution is -0.138. The molecule has 25 heavy (non-hydrogen) atoms. The number of nitrogens with zero attached hydrogens (tertiary/aromatic N) is 1. The predicted molar refractivity (Wildman–Crippen MR) is 83.1 cm³/mol. The van der Waals surface area contributed by atoms with Gasteiger partial charge < -0.3 is 14.7 Å². The molecule has 1 heterocycles. The molecule has 1 aliphatic rings. The molecule has 1 atom stereocenters. The van der Waals surface area contributed by atoms with Crippen LogP contribution in [0.3, 0.4) is 0 Å². The number of rotatable bonds is 6. The Hall–Kier alpha value is -2.25. The molecule has 0 aliphatic carbocycles. The molecule has 0 radical (unpaired) electrons. The lowest BCUT2D eigenvalue weighted by atomic mass is 9.93. The molecule has 1 aromatic carbocycles. The van der Waals surface area contributed by atoms with E-state index in [0.29, 0.717) is 19.5 Å². The number of carboxylic acid groups (broad SMARTS) is 1. The highest BCUT2D eigenvalue weighted by Crippen LogP contribution is 2.30. The zero-order valence-electron chi connectivity index (χ0n) is 13.6. The second-order valence-electron chi connectivity index (χ2n) is 6.09. The van der Waals surface area contributed by atoms with Crippen molar-refractivity contribution < 1.29 is 32.6 Å². The van der Waals surface area contributed by atoms with Gasteiger partial charge in [-0.1, -0.05) is 0 Å². The summed E-state index contributed by atoms with van der Waals surface area (Å²) in [5.74, 6) is -0.755. The monoisotopic (exact) mass is 359 g/mol. The number of halogens is 3. The first-order valence-corrected chi connectivity index (χ1v) is 8.05. The van der Waals surface area contributed by atoms with Crippen molar-refractivity contribution in [3.8, 4) is 5.75 Å². The van der Waals surface area contributed by atoms with E-state index < -0.39 is 17.7 Å². The van der Waals surface area contributed by atoms with Crippen LogP contribution in [0.1, 0.15) is 31.2 Å². The third kappa shape index (κ3) is 5.95. The third-order valence-corrected chi connectivity index (χ3v) is 4.18. The summed E-state index contributed by atoms with van der Waals surface area (Å²) in [7, 11) is 0. The summed E-state index contributed by atoms with van der Waals surface area (Å²) in [4.78, 5) is 24.4. The second kappa shape index (κ2) is 8.22. The lowest BCUT2D eigenvalue weighted by Crippen LogP contribution is -2.42. The number of alkyl halides is 3. The Morgan fingerprint density at radius 1 is 1.24 bits per heavy atom. The molecule has 5 nitrogen and oxygen atoms in total. The third-order valence-electron chi connectivity index (χ3n) is 4.18. The van der Waals surface area contributed by atoms with Crippen LogP contribution in [-0.2, 0) is 15.8 Å². The molecule has 1 amide bonds. The average molecular weight is 359 g/mol. The van der Waals surface area contributed by atoms with Gasteiger partial charge in [-0.05, 0) is 49.4 Å². The van der Waals surface area contributed by atoms with Crippen LogP contribution in [0.5, 0.6) is 5.75 Å². The van der Waals surface area contributed by atoms with Crippen LogP contribution in [0.4, 0.5) is 13.2 Å². The van der Waals surface area contributed by atoms with Gasteiger partial charge in [0.15, 0.2) is 6.61 Å². The van der Waals surface area contributed by atoms with E-state index >= 15 is 0 Å². The number of hydrogen-bond donors (Lipinski definition) is 1. The Kier molecular flexibility index (Phi) is 6.27. The number of hydrogen-bond acceptors (Lipinski definition) is 3. The minimum absolute atomic E-state index is 0.0781. The molecule has 2 rings (SSSR count). The number of amides is 1. The zero-order chi connectivity index (χ0) is 18.4. The van der Waals surface area contributed by atoms with Crippen molar-refractivity contribution in [1.29, 1.82) is 0 Å². The second-order valence-corrected chi connectivity index (χ2v) is 6.09. The van der Waals surface area contributed by atoms with Crippen molar-refractivity contribution >= 4 is 11.9 Å². The van der Waals surface area contributed by atoms with E-state index in [-0.39, 0.29) is 30.6 Å². The number of benzene rings is 1. The van der Waals surface area contributed by atoms with Gasteiger partial charge in [-0.2, -0.15) is 13.2 Å². The van der Waals surface area contributed by atoms with Gasteiger partial charge in [-0.15, -0.1) is 0 Å². The van der Waals surface area contributed by atoms with E-state index in [1.165, 1.54) is 12.1 Å². The maximum absolute atomic E-state index is 12.5. The highest BCUT2D eigenvalue weighted by Gasteiger charge is 2.30. The van der Waals surface area contributed by atoms with Crippen molar-refractivity contribution in [2.75, 3.05) is 19.7 Å². The Morgan fingerprint density at radius 2 is 1.92 bits per heavy atom. The van der Waals surface area contributed by atoms with Crippen molar-refractivity contribution in [3.63, 3.8) is 0 Å². The molecule has 1 aliphatic heterocycles. The van der Waals surface area contributed by atoms with Crippen LogP contribution in [0, 0.1) is 5.92 Å². The number of aliphatic carboxylic acids is 1. The Bertz CT molecular complexity index is 601. The van der Waals surface area contributed by atoms with Crippen LogP contribution in [0.15, 0.2) is 24.3 Å². The summed E-state index contributed by atoms with van der Waals surface area (Å²) in [6.45, 7) is 0.818. The summed E-state index contributed by atoms with van der Waals surface area (Å²) in [5.41, 5.74) is -0.775. The van der Waals surface area contributed by atoms with E-state index in [1.807, 2.05) is 0 Å². The maximum atomic E-state index is 12.5. The first kappa shape index (κ1) is 19.1. The Labute approximate surface area is 143 Å². The molecule has 138 valence electrons. The molecule has 8 heteroatoms. The lowest BCUT2D eigenvalue weighted by Gasteiger charge is -2.32. The topological polar surface area (TPSA) is 66.8 Å². The zero-order valence-corrected chi connectivity index (χ0v) is 13.6. The first-order chi connectivity index (χ1) is 11.8. The number of carbonyl (C=O) groups is 2. The van der Waals surface area contributed by atoms with E-state index in [4.69, 9.17) is 9.84 Å². The summed E-state index contributed by atoms with van der Waals surface area (Å²) in [6.07, 6.45) is -2.12. The summed E-state index contributed by atoms with van der Waals surface area (Å²) >= 11 is 0. The fourth-order valence-corrected chi connectivity index (χ4v) is 2.83. The molecule has 0 unspecified atom stereocenters. The number of likely N-dealkylation sites (tertiary alicyclic amines) is 1. The molecular formula is C17H20F3NO4. The molecule has 0 saturated carbocycles. The number of ether oxygens (including phenoxy) is 1. The SMILES string of the molecule is O=C(O)CC[C@@H]1CCCN(C(=O)COc2ccc(C(F)(F)F)cc2)C1. The van der Waals surface area contributed by atoms with Crippen LogP contribution in [0.25, 0.3) is 0 Å². The van der Waals surface area contributed by atoms with Gasteiger partial charge in [-0.3, -0.25) is 9.59 Å². The molecule has 0 aromatic heterocycles. The van der Waals surface area contributed by atoms with E-state index in [9.17, 15) is 22.8 Å². The maximum Gasteiger partial charge on any atom is 0.416 e. The van der Waals surface area contributed by atoms with Crippen LogP contribution in [0.2, 0.25) is 0 Å². The minimum Gasteiger partial charge on any atom is -0.484 e. The molecule has 0 spiro atoms. The Balaban J connectivity index is 1.82. The van der Waals surface area contributed by atoms with Crippen molar-refractivity contribution in [1.82, 2.24) is 4.90 Å². The average Bonchev–Trinajstić information content (AvgIpc) is 2.57. The van der Waals surface area contributed by atoms with Crippen LogP contribution >= 0.6 is 0 Å². The molecule has 1 fully saturated rings. The van der Waals surface area contributed by atoms with Gasteiger partial charge in [0.1, 0.15) is 5.75 Å². The first-order valence-electron chi connectivity index (χ1n) is 8.05. The largest absolute Gasteiger partial charge is 0.484 e. The van der Waals surface area contributed by atoms with Gasteiger partial charge in [-0.25, -0.2) is 0 Å². The van der Waals surface area contributed by atoms with Crippen molar-refractivity contribution in [2.24, 2.45) is 5.92 Å². The minimum atomic E-state index is -4.41. The van der Waals surface area contributed by atoms with E-state index in [1.54, 1.807) is 4.90 Å². The standard InChI is InChI=1S/C17H20F3NO4/c18-17(19,20)13-4-6-14(7-5-13)25-11-15(22)21-9-1-2-12(10-21)3-8-16(23)24/h4-7,12H,1-3,8-11H2,(H,23,24)/t12-/m0/s1. The van der Waals surface area contributed by atoms with Gasteiger partial charge in [0, 0.05) is 19.5 Å². The number of carboxylic acids is 1. The summed E-state index contributed by atoms with van der Waals surface area (Å²) < 4.78 is 42.7. The summed E-state index contributed by atoms with van der Waals surface area (Å²) in [5, 5.41) is 8.73. The molecular weight excluding hydrogens is 339 g/mol. The van der Waals surface area contributed by atoms with E-state index in [0.717, 1.165) is 25.0 Å². The van der Waals surface area contributed by atoms with Crippen LogP contribution in [-0.4, -0.2) is 41.6 Å². The highest BCUT2D eigenvalue weighted by molar-refractivity contribution is 5.77. The molecule has 1 N–H and O–H groups in total. The van der Waals surface area contributed by atoms with Crippen LogP contribution < -0.4 is 4.74 Å². The van der Waals surface area contributed by atoms with Gasteiger partial charge in [0.2, 0.25) is 0 Å². The smallest absolute Gasteiger partial charge is 0.416 e. The molecule has 1 aromatic rings.